The van der Waals surface area contributed by atoms with Gasteiger partial charge in [0.05, 0.1) is 11.3 Å². The Hall–Kier alpha value is -1.84. The molecule has 84 valence electrons. The second-order valence-electron chi connectivity index (χ2n) is 3.65. The van der Waals surface area contributed by atoms with Crippen molar-refractivity contribution in [3.05, 3.63) is 29.7 Å². The van der Waals surface area contributed by atoms with Crippen LogP contribution < -0.4 is 5.73 Å². The van der Waals surface area contributed by atoms with E-state index in [1.54, 1.807) is 6.20 Å². The Labute approximate surface area is 94.9 Å². The van der Waals surface area contributed by atoms with Crippen LogP contribution in [0, 0.1) is 0 Å². The van der Waals surface area contributed by atoms with Crippen LogP contribution in [-0.4, -0.2) is 15.0 Å². The van der Waals surface area contributed by atoms with Gasteiger partial charge in [-0.15, -0.1) is 0 Å². The van der Waals surface area contributed by atoms with Crippen molar-refractivity contribution in [1.29, 1.82) is 0 Å². The zero-order valence-corrected chi connectivity index (χ0v) is 9.62. The van der Waals surface area contributed by atoms with E-state index in [1.807, 2.05) is 12.1 Å². The topological polar surface area (TPSA) is 67.6 Å². The fourth-order valence-corrected chi connectivity index (χ4v) is 1.78. The van der Waals surface area contributed by atoms with Crippen molar-refractivity contribution < 1.29 is 0 Å². The van der Waals surface area contributed by atoms with Gasteiger partial charge >= 0.3 is 0 Å². The van der Waals surface area contributed by atoms with Crippen LogP contribution in [0.25, 0.3) is 11.4 Å². The average molecular weight is 216 g/mol. The van der Waals surface area contributed by atoms with Gasteiger partial charge in [0, 0.05) is 11.9 Å². The number of aromatic nitrogens is 3. The standard InChI is InChI=1S/C12H16N4/c1-3-9-10(4-2)16-12(15-9)8-6-5-7-14-11(8)13/h5-7H,3-4H2,1-2H3,(H2,13,14)(H,15,16). The summed E-state index contributed by atoms with van der Waals surface area (Å²) in [5.41, 5.74) is 8.99. The molecule has 0 spiro atoms. The van der Waals surface area contributed by atoms with Gasteiger partial charge in [0.1, 0.15) is 11.6 Å². The second-order valence-corrected chi connectivity index (χ2v) is 3.65. The molecule has 0 saturated carbocycles. The molecule has 0 aliphatic carbocycles. The van der Waals surface area contributed by atoms with Crippen LogP contribution in [0.1, 0.15) is 25.2 Å². The maximum absolute atomic E-state index is 5.82. The van der Waals surface area contributed by atoms with Crippen molar-refractivity contribution in [2.75, 3.05) is 5.73 Å². The number of aryl methyl sites for hydroxylation is 2. The lowest BCUT2D eigenvalue weighted by molar-refractivity contribution is 0.979. The molecular weight excluding hydrogens is 200 g/mol. The largest absolute Gasteiger partial charge is 0.383 e. The summed E-state index contributed by atoms with van der Waals surface area (Å²) in [5, 5.41) is 0. The van der Waals surface area contributed by atoms with Gasteiger partial charge < -0.3 is 10.7 Å². The molecule has 4 heteroatoms. The van der Waals surface area contributed by atoms with Gasteiger partial charge in [0.15, 0.2) is 0 Å². The van der Waals surface area contributed by atoms with E-state index in [-0.39, 0.29) is 0 Å². The van der Waals surface area contributed by atoms with Crippen LogP contribution >= 0.6 is 0 Å². The summed E-state index contributed by atoms with van der Waals surface area (Å²) >= 11 is 0. The highest BCUT2D eigenvalue weighted by Gasteiger charge is 2.10. The minimum atomic E-state index is 0.515. The predicted molar refractivity (Wildman–Crippen MR) is 65.0 cm³/mol. The third-order valence-electron chi connectivity index (χ3n) is 2.65. The van der Waals surface area contributed by atoms with Gasteiger partial charge in [0.2, 0.25) is 0 Å². The number of anilines is 1. The number of nitrogen functional groups attached to an aromatic ring is 1. The smallest absolute Gasteiger partial charge is 0.141 e. The lowest BCUT2D eigenvalue weighted by Crippen LogP contribution is -1.94. The molecule has 3 N–H and O–H groups in total. The van der Waals surface area contributed by atoms with E-state index in [2.05, 4.69) is 28.8 Å². The molecule has 4 nitrogen and oxygen atoms in total. The number of nitrogens with two attached hydrogens (primary N) is 1. The summed E-state index contributed by atoms with van der Waals surface area (Å²) in [7, 11) is 0. The number of hydrogen-bond donors (Lipinski definition) is 2. The molecule has 0 radical (unpaired) electrons. The Morgan fingerprint density at radius 3 is 2.69 bits per heavy atom. The van der Waals surface area contributed by atoms with E-state index >= 15 is 0 Å². The molecule has 0 aliphatic rings. The third kappa shape index (κ3) is 1.78. The number of aromatic amines is 1. The van der Waals surface area contributed by atoms with E-state index in [1.165, 1.54) is 5.69 Å². The van der Waals surface area contributed by atoms with Crippen molar-refractivity contribution in [3.63, 3.8) is 0 Å². The zero-order chi connectivity index (χ0) is 11.5. The van der Waals surface area contributed by atoms with E-state index in [0.717, 1.165) is 29.9 Å². The van der Waals surface area contributed by atoms with Crippen LogP contribution in [0.5, 0.6) is 0 Å². The van der Waals surface area contributed by atoms with Gasteiger partial charge in [-0.1, -0.05) is 13.8 Å². The molecule has 2 rings (SSSR count). The summed E-state index contributed by atoms with van der Waals surface area (Å²) in [6.45, 7) is 4.22. The first kappa shape index (κ1) is 10.7. The molecule has 2 aromatic heterocycles. The normalized spacial score (nSPS) is 10.6. The van der Waals surface area contributed by atoms with E-state index < -0.39 is 0 Å². The first-order chi connectivity index (χ1) is 7.76. The van der Waals surface area contributed by atoms with Gasteiger partial charge in [-0.25, -0.2) is 9.97 Å². The molecule has 0 amide bonds. The number of imidazole rings is 1. The van der Waals surface area contributed by atoms with Crippen LogP contribution in [0.2, 0.25) is 0 Å². The lowest BCUT2D eigenvalue weighted by Gasteiger charge is -1.99. The van der Waals surface area contributed by atoms with E-state index in [9.17, 15) is 0 Å². The maximum atomic E-state index is 5.82. The summed E-state index contributed by atoms with van der Waals surface area (Å²) in [6.07, 6.45) is 3.57. The van der Waals surface area contributed by atoms with Crippen molar-refractivity contribution in [3.8, 4) is 11.4 Å². The van der Waals surface area contributed by atoms with Crippen LogP contribution in [0.15, 0.2) is 18.3 Å². The fourth-order valence-electron chi connectivity index (χ4n) is 1.78. The molecule has 0 fully saturated rings. The summed E-state index contributed by atoms with van der Waals surface area (Å²) < 4.78 is 0. The summed E-state index contributed by atoms with van der Waals surface area (Å²) in [4.78, 5) is 11.9. The molecule has 0 unspecified atom stereocenters. The van der Waals surface area contributed by atoms with Crippen LogP contribution in [0.3, 0.4) is 0 Å². The van der Waals surface area contributed by atoms with Crippen molar-refractivity contribution in [2.45, 2.75) is 26.7 Å². The van der Waals surface area contributed by atoms with Crippen molar-refractivity contribution in [1.82, 2.24) is 15.0 Å². The zero-order valence-electron chi connectivity index (χ0n) is 9.62. The first-order valence-electron chi connectivity index (χ1n) is 5.54. The minimum absolute atomic E-state index is 0.515. The van der Waals surface area contributed by atoms with Crippen molar-refractivity contribution in [2.24, 2.45) is 0 Å². The molecule has 16 heavy (non-hydrogen) atoms. The molecule has 0 aliphatic heterocycles. The Kier molecular flexibility index (Phi) is 2.90. The maximum Gasteiger partial charge on any atom is 0.141 e. The number of hydrogen-bond acceptors (Lipinski definition) is 3. The molecule has 0 atom stereocenters. The summed E-state index contributed by atoms with van der Waals surface area (Å²) in [6, 6.07) is 3.80. The number of pyridine rings is 1. The highest BCUT2D eigenvalue weighted by atomic mass is 15.0. The fraction of sp³-hybridized carbons (Fsp3) is 0.333. The van der Waals surface area contributed by atoms with E-state index in [4.69, 9.17) is 5.73 Å². The lowest BCUT2D eigenvalue weighted by atomic mass is 10.2. The number of nitrogens with one attached hydrogen (secondary N) is 1. The minimum Gasteiger partial charge on any atom is -0.383 e. The Bertz CT molecular complexity index is 466. The number of nitrogens with zero attached hydrogens (tertiary/aromatic N) is 2. The molecule has 0 bridgehead atoms. The Morgan fingerprint density at radius 2 is 2.12 bits per heavy atom. The monoisotopic (exact) mass is 216 g/mol. The molecule has 0 saturated heterocycles. The van der Waals surface area contributed by atoms with Crippen LogP contribution in [0.4, 0.5) is 5.82 Å². The summed E-state index contributed by atoms with van der Waals surface area (Å²) in [5.74, 6) is 1.33. The molecule has 0 aromatic carbocycles. The Morgan fingerprint density at radius 1 is 1.31 bits per heavy atom. The van der Waals surface area contributed by atoms with Crippen molar-refractivity contribution >= 4 is 5.82 Å². The second kappa shape index (κ2) is 4.35. The predicted octanol–water partition coefficient (Wildman–Crippen LogP) is 2.18. The van der Waals surface area contributed by atoms with E-state index in [0.29, 0.717) is 5.82 Å². The number of H-pyrrole nitrogens is 1. The SMILES string of the molecule is CCc1nc(-c2cccnc2N)[nH]c1CC. The Balaban J connectivity index is 2.49. The molecular formula is C12H16N4. The molecule has 2 heterocycles. The number of rotatable bonds is 3. The highest BCUT2D eigenvalue weighted by molar-refractivity contribution is 5.68. The average Bonchev–Trinajstić information content (AvgIpc) is 2.72. The van der Waals surface area contributed by atoms with Gasteiger partial charge in [-0.3, -0.25) is 0 Å². The molecule has 2 aromatic rings. The third-order valence-corrected chi connectivity index (χ3v) is 2.65. The quantitative estimate of drug-likeness (QED) is 0.826. The van der Waals surface area contributed by atoms with Gasteiger partial charge in [-0.2, -0.15) is 0 Å². The first-order valence-corrected chi connectivity index (χ1v) is 5.54. The van der Waals surface area contributed by atoms with Gasteiger partial charge in [0.25, 0.3) is 0 Å². The van der Waals surface area contributed by atoms with Gasteiger partial charge in [-0.05, 0) is 25.0 Å². The van der Waals surface area contributed by atoms with Crippen LogP contribution in [-0.2, 0) is 12.8 Å². The highest BCUT2D eigenvalue weighted by Crippen LogP contribution is 2.22.